The third kappa shape index (κ3) is 2.57. The van der Waals surface area contributed by atoms with Gasteiger partial charge in [-0.15, -0.1) is 0 Å². The van der Waals surface area contributed by atoms with E-state index in [2.05, 4.69) is 9.80 Å². The lowest BCUT2D eigenvalue weighted by molar-refractivity contribution is -0.136. The molecule has 0 bridgehead atoms. The van der Waals surface area contributed by atoms with Gasteiger partial charge in [-0.05, 0) is 56.9 Å². The van der Waals surface area contributed by atoms with Gasteiger partial charge in [0.1, 0.15) is 0 Å². The fraction of sp³-hybridized carbons (Fsp3) is 0.941. The smallest absolute Gasteiger partial charge is 0.239 e. The molecule has 5 nitrogen and oxygen atoms in total. The quantitative estimate of drug-likeness (QED) is 0.821. The number of rotatable bonds is 2. The van der Waals surface area contributed by atoms with Crippen LogP contribution in [0.5, 0.6) is 0 Å². The summed E-state index contributed by atoms with van der Waals surface area (Å²) in [7, 11) is 0. The third-order valence-corrected chi connectivity index (χ3v) is 6.46. The predicted molar refractivity (Wildman–Crippen MR) is 84.3 cm³/mol. The van der Waals surface area contributed by atoms with Crippen LogP contribution in [0.4, 0.5) is 0 Å². The first kappa shape index (κ1) is 14.9. The molecule has 124 valence electrons. The lowest BCUT2D eigenvalue weighted by Crippen LogP contribution is -2.50. The number of ether oxygens (including phenoxy) is 1. The molecule has 5 heteroatoms. The van der Waals surface area contributed by atoms with E-state index in [4.69, 9.17) is 10.5 Å². The van der Waals surface area contributed by atoms with Crippen LogP contribution in [0, 0.1) is 11.8 Å². The largest absolute Gasteiger partial charge is 0.381 e. The molecule has 4 atom stereocenters. The highest BCUT2D eigenvalue weighted by Gasteiger charge is 2.45. The molecule has 4 aliphatic rings. The van der Waals surface area contributed by atoms with Crippen molar-refractivity contribution in [3.05, 3.63) is 0 Å². The van der Waals surface area contributed by atoms with Crippen LogP contribution in [0.1, 0.15) is 38.5 Å². The van der Waals surface area contributed by atoms with Crippen molar-refractivity contribution < 1.29 is 9.53 Å². The number of likely N-dealkylation sites (tertiary alicyclic amines) is 2. The second-order valence-electron chi connectivity index (χ2n) is 7.65. The van der Waals surface area contributed by atoms with Crippen LogP contribution in [-0.4, -0.2) is 66.7 Å². The second kappa shape index (κ2) is 6.10. The molecule has 2 N–H and O–H groups in total. The fourth-order valence-corrected chi connectivity index (χ4v) is 5.21. The number of nitrogens with zero attached hydrogens (tertiary/aromatic N) is 2. The summed E-state index contributed by atoms with van der Waals surface area (Å²) in [5.41, 5.74) is 6.22. The number of nitrogens with two attached hydrogens (primary N) is 1. The Kier molecular flexibility index (Phi) is 4.13. The highest BCUT2D eigenvalue weighted by atomic mass is 16.5. The van der Waals surface area contributed by atoms with E-state index in [9.17, 15) is 4.79 Å². The lowest BCUT2D eigenvalue weighted by Gasteiger charge is -2.36. The number of carbonyl (C=O) groups is 1. The minimum absolute atomic E-state index is 0.123. The first-order valence-electron chi connectivity index (χ1n) is 9.12. The van der Waals surface area contributed by atoms with Crippen LogP contribution in [-0.2, 0) is 9.53 Å². The molecular weight excluding hydrogens is 278 g/mol. The number of fused-ring (bicyclic) bond motifs is 1. The van der Waals surface area contributed by atoms with Crippen molar-refractivity contribution in [3.63, 3.8) is 0 Å². The average molecular weight is 307 g/mol. The maximum absolute atomic E-state index is 13.1. The van der Waals surface area contributed by atoms with Gasteiger partial charge in [-0.2, -0.15) is 0 Å². The summed E-state index contributed by atoms with van der Waals surface area (Å²) in [4.78, 5) is 17.7. The van der Waals surface area contributed by atoms with Gasteiger partial charge in [0.2, 0.25) is 5.91 Å². The Hall–Kier alpha value is -0.650. The van der Waals surface area contributed by atoms with Gasteiger partial charge in [-0.1, -0.05) is 0 Å². The SMILES string of the molecule is NC1CCC2CN(C(=O)C3CCCN3C3CCOCC3)CC12. The Morgan fingerprint density at radius 3 is 2.64 bits per heavy atom. The molecule has 3 saturated heterocycles. The lowest BCUT2D eigenvalue weighted by atomic mass is 9.98. The van der Waals surface area contributed by atoms with E-state index in [1.54, 1.807) is 0 Å². The molecule has 0 aromatic carbocycles. The summed E-state index contributed by atoms with van der Waals surface area (Å²) in [6, 6.07) is 0.991. The first-order chi connectivity index (χ1) is 10.7. The van der Waals surface area contributed by atoms with E-state index in [-0.39, 0.29) is 6.04 Å². The standard InChI is InChI=1S/C17H29N3O2/c18-15-4-3-12-10-19(11-14(12)15)17(21)16-2-1-7-20(16)13-5-8-22-9-6-13/h12-16H,1-11,18H2. The van der Waals surface area contributed by atoms with Crippen molar-refractivity contribution in [2.45, 2.75) is 56.7 Å². The molecule has 1 aliphatic carbocycles. The predicted octanol–water partition coefficient (Wildman–Crippen LogP) is 0.826. The van der Waals surface area contributed by atoms with Crippen LogP contribution in [0.3, 0.4) is 0 Å². The van der Waals surface area contributed by atoms with Gasteiger partial charge >= 0.3 is 0 Å². The van der Waals surface area contributed by atoms with E-state index < -0.39 is 0 Å². The van der Waals surface area contributed by atoms with Crippen molar-refractivity contribution in [1.82, 2.24) is 9.80 Å². The van der Waals surface area contributed by atoms with Gasteiger partial charge < -0.3 is 15.4 Å². The highest BCUT2D eigenvalue weighted by molar-refractivity contribution is 5.82. The minimum atomic E-state index is 0.123. The summed E-state index contributed by atoms with van der Waals surface area (Å²) < 4.78 is 5.48. The van der Waals surface area contributed by atoms with Gasteiger partial charge in [0, 0.05) is 38.4 Å². The summed E-state index contributed by atoms with van der Waals surface area (Å²) >= 11 is 0. The zero-order valence-electron chi connectivity index (χ0n) is 13.5. The molecule has 0 spiro atoms. The Labute approximate surface area is 133 Å². The van der Waals surface area contributed by atoms with Gasteiger partial charge in [0.25, 0.3) is 0 Å². The Balaban J connectivity index is 1.41. The molecular formula is C17H29N3O2. The Bertz CT molecular complexity index is 424. The first-order valence-corrected chi connectivity index (χ1v) is 9.12. The molecule has 4 rings (SSSR count). The van der Waals surface area contributed by atoms with E-state index in [1.807, 2.05) is 0 Å². The molecule has 0 radical (unpaired) electrons. The normalized spacial score (nSPS) is 40.3. The van der Waals surface area contributed by atoms with Crippen LogP contribution in [0.25, 0.3) is 0 Å². The zero-order valence-corrected chi connectivity index (χ0v) is 13.5. The molecule has 22 heavy (non-hydrogen) atoms. The highest BCUT2D eigenvalue weighted by Crippen LogP contribution is 2.38. The molecule has 3 aliphatic heterocycles. The second-order valence-corrected chi connectivity index (χ2v) is 7.65. The average Bonchev–Trinajstić information content (AvgIpc) is 3.25. The molecule has 4 unspecified atom stereocenters. The Morgan fingerprint density at radius 1 is 1.05 bits per heavy atom. The van der Waals surface area contributed by atoms with Crippen LogP contribution >= 0.6 is 0 Å². The minimum Gasteiger partial charge on any atom is -0.381 e. The maximum Gasteiger partial charge on any atom is 0.239 e. The molecule has 1 amide bonds. The number of carbonyl (C=O) groups excluding carboxylic acids is 1. The molecule has 0 aromatic heterocycles. The zero-order chi connectivity index (χ0) is 15.1. The van der Waals surface area contributed by atoms with Crippen LogP contribution < -0.4 is 5.73 Å². The van der Waals surface area contributed by atoms with Gasteiger partial charge in [0.15, 0.2) is 0 Å². The van der Waals surface area contributed by atoms with Crippen LogP contribution in [0.15, 0.2) is 0 Å². The molecule has 3 heterocycles. The van der Waals surface area contributed by atoms with Gasteiger partial charge in [-0.25, -0.2) is 0 Å². The van der Waals surface area contributed by atoms with E-state index in [0.717, 1.165) is 65.0 Å². The topological polar surface area (TPSA) is 58.8 Å². The summed E-state index contributed by atoms with van der Waals surface area (Å²) in [5.74, 6) is 1.60. The number of amides is 1. The Morgan fingerprint density at radius 2 is 1.86 bits per heavy atom. The summed E-state index contributed by atoms with van der Waals surface area (Å²) in [6.07, 6.45) is 6.72. The van der Waals surface area contributed by atoms with Crippen molar-refractivity contribution in [2.75, 3.05) is 32.8 Å². The van der Waals surface area contributed by atoms with Crippen molar-refractivity contribution in [1.29, 1.82) is 0 Å². The fourth-order valence-electron chi connectivity index (χ4n) is 5.21. The monoisotopic (exact) mass is 307 g/mol. The van der Waals surface area contributed by atoms with E-state index in [1.165, 1.54) is 6.42 Å². The molecule has 1 saturated carbocycles. The maximum atomic E-state index is 13.1. The van der Waals surface area contributed by atoms with Crippen molar-refractivity contribution >= 4 is 5.91 Å². The molecule has 4 fully saturated rings. The van der Waals surface area contributed by atoms with Crippen molar-refractivity contribution in [3.8, 4) is 0 Å². The number of hydrogen-bond donors (Lipinski definition) is 1. The van der Waals surface area contributed by atoms with Gasteiger partial charge in [-0.3, -0.25) is 9.69 Å². The van der Waals surface area contributed by atoms with Crippen LogP contribution in [0.2, 0.25) is 0 Å². The molecule has 0 aromatic rings. The summed E-state index contributed by atoms with van der Waals surface area (Å²) in [5, 5.41) is 0. The third-order valence-electron chi connectivity index (χ3n) is 6.46. The van der Waals surface area contributed by atoms with E-state index in [0.29, 0.717) is 29.8 Å². The van der Waals surface area contributed by atoms with Crippen molar-refractivity contribution in [2.24, 2.45) is 17.6 Å². The van der Waals surface area contributed by atoms with Gasteiger partial charge in [0.05, 0.1) is 6.04 Å². The summed E-state index contributed by atoms with van der Waals surface area (Å²) in [6.45, 7) is 4.65. The number of hydrogen-bond acceptors (Lipinski definition) is 4. The van der Waals surface area contributed by atoms with E-state index >= 15 is 0 Å².